The van der Waals surface area contributed by atoms with E-state index in [-0.39, 0.29) is 11.8 Å². The van der Waals surface area contributed by atoms with Crippen molar-refractivity contribution in [1.82, 2.24) is 4.90 Å². The standard InChI is InChI=1S/C13H14ClNO/c1-9-6-12(16)8-13(15(9)2)10-4-3-5-11(14)7-10/h3-7,13H,8H2,1-2H3. The molecule has 0 bridgehead atoms. The molecule has 1 aromatic rings. The number of ketones is 1. The van der Waals surface area contributed by atoms with Gasteiger partial charge in [0.1, 0.15) is 0 Å². The van der Waals surface area contributed by atoms with Crippen LogP contribution in [0.1, 0.15) is 24.9 Å². The molecule has 1 aliphatic heterocycles. The summed E-state index contributed by atoms with van der Waals surface area (Å²) in [7, 11) is 2.00. The van der Waals surface area contributed by atoms with Gasteiger partial charge < -0.3 is 4.90 Å². The summed E-state index contributed by atoms with van der Waals surface area (Å²) in [6, 6.07) is 7.81. The largest absolute Gasteiger partial charge is 0.370 e. The number of halogens is 1. The normalized spacial score (nSPS) is 20.9. The van der Waals surface area contributed by atoms with Crippen molar-refractivity contribution in [3.05, 3.63) is 46.6 Å². The molecule has 1 atom stereocenters. The van der Waals surface area contributed by atoms with Crippen LogP contribution in [0.3, 0.4) is 0 Å². The maximum Gasteiger partial charge on any atom is 0.159 e. The Morgan fingerprint density at radius 2 is 2.19 bits per heavy atom. The average Bonchev–Trinajstić information content (AvgIpc) is 2.23. The van der Waals surface area contributed by atoms with Crippen molar-refractivity contribution >= 4 is 17.4 Å². The van der Waals surface area contributed by atoms with Crippen molar-refractivity contribution in [2.75, 3.05) is 7.05 Å². The highest BCUT2D eigenvalue weighted by atomic mass is 35.5. The van der Waals surface area contributed by atoms with Crippen molar-refractivity contribution in [3.63, 3.8) is 0 Å². The number of rotatable bonds is 1. The summed E-state index contributed by atoms with van der Waals surface area (Å²) in [5.41, 5.74) is 2.09. The Labute approximate surface area is 101 Å². The molecular formula is C13H14ClNO. The highest BCUT2D eigenvalue weighted by Gasteiger charge is 2.24. The number of hydrogen-bond donors (Lipinski definition) is 0. The summed E-state index contributed by atoms with van der Waals surface area (Å²) < 4.78 is 0. The zero-order valence-electron chi connectivity index (χ0n) is 9.40. The van der Waals surface area contributed by atoms with E-state index in [0.717, 1.165) is 11.3 Å². The highest BCUT2D eigenvalue weighted by Crippen LogP contribution is 2.31. The van der Waals surface area contributed by atoms with E-state index in [4.69, 9.17) is 11.6 Å². The zero-order valence-corrected chi connectivity index (χ0v) is 10.2. The summed E-state index contributed by atoms with van der Waals surface area (Å²) in [4.78, 5) is 13.7. The zero-order chi connectivity index (χ0) is 11.7. The van der Waals surface area contributed by atoms with Crippen LogP contribution < -0.4 is 0 Å². The predicted octanol–water partition coefficient (Wildman–Crippen LogP) is 3.19. The Balaban J connectivity index is 2.35. The van der Waals surface area contributed by atoms with E-state index >= 15 is 0 Å². The number of hydrogen-bond acceptors (Lipinski definition) is 2. The molecule has 1 aromatic carbocycles. The van der Waals surface area contributed by atoms with Crippen LogP contribution in [0.4, 0.5) is 0 Å². The van der Waals surface area contributed by atoms with Gasteiger partial charge in [-0.1, -0.05) is 23.7 Å². The van der Waals surface area contributed by atoms with E-state index < -0.39 is 0 Å². The first kappa shape index (κ1) is 11.2. The molecule has 1 heterocycles. The van der Waals surface area contributed by atoms with Gasteiger partial charge in [0.05, 0.1) is 6.04 Å². The van der Waals surface area contributed by atoms with E-state index in [1.807, 2.05) is 38.2 Å². The lowest BCUT2D eigenvalue weighted by Gasteiger charge is -2.33. The van der Waals surface area contributed by atoms with Gasteiger partial charge in [-0.2, -0.15) is 0 Å². The molecule has 0 amide bonds. The minimum atomic E-state index is 0.108. The maximum atomic E-state index is 11.6. The van der Waals surface area contributed by atoms with E-state index in [2.05, 4.69) is 4.90 Å². The van der Waals surface area contributed by atoms with Crippen LogP contribution in [-0.2, 0) is 4.79 Å². The molecule has 3 heteroatoms. The van der Waals surface area contributed by atoms with E-state index in [1.165, 1.54) is 0 Å². The van der Waals surface area contributed by atoms with Crippen LogP contribution in [0.15, 0.2) is 36.0 Å². The summed E-state index contributed by atoms with van der Waals surface area (Å²) >= 11 is 5.97. The first-order chi connectivity index (χ1) is 7.58. The van der Waals surface area contributed by atoms with Gasteiger partial charge in [-0.05, 0) is 24.6 Å². The fourth-order valence-corrected chi connectivity index (χ4v) is 2.22. The first-order valence-electron chi connectivity index (χ1n) is 5.27. The van der Waals surface area contributed by atoms with Crippen LogP contribution in [0.2, 0.25) is 5.02 Å². The number of allylic oxidation sites excluding steroid dienone is 2. The van der Waals surface area contributed by atoms with Gasteiger partial charge in [0.2, 0.25) is 0 Å². The third-order valence-corrected chi connectivity index (χ3v) is 3.26. The van der Waals surface area contributed by atoms with Crippen molar-refractivity contribution in [1.29, 1.82) is 0 Å². The molecule has 2 rings (SSSR count). The second-order valence-electron chi connectivity index (χ2n) is 4.14. The highest BCUT2D eigenvalue weighted by molar-refractivity contribution is 6.30. The van der Waals surface area contributed by atoms with Crippen molar-refractivity contribution in [2.24, 2.45) is 0 Å². The summed E-state index contributed by atoms with van der Waals surface area (Å²) in [5, 5.41) is 0.713. The molecular weight excluding hydrogens is 222 g/mol. The van der Waals surface area contributed by atoms with Crippen LogP contribution in [0.25, 0.3) is 0 Å². The van der Waals surface area contributed by atoms with Crippen LogP contribution in [-0.4, -0.2) is 17.7 Å². The predicted molar refractivity (Wildman–Crippen MR) is 65.3 cm³/mol. The van der Waals surface area contributed by atoms with Gasteiger partial charge in [-0.15, -0.1) is 0 Å². The second-order valence-corrected chi connectivity index (χ2v) is 4.57. The summed E-state index contributed by atoms with van der Waals surface area (Å²) in [6.07, 6.45) is 2.22. The topological polar surface area (TPSA) is 20.3 Å². The van der Waals surface area contributed by atoms with Gasteiger partial charge >= 0.3 is 0 Å². The third-order valence-electron chi connectivity index (χ3n) is 3.02. The molecule has 0 radical (unpaired) electrons. The van der Waals surface area contributed by atoms with Crippen LogP contribution in [0, 0.1) is 0 Å². The number of benzene rings is 1. The molecule has 2 nitrogen and oxygen atoms in total. The molecule has 0 fully saturated rings. The summed E-state index contributed by atoms with van der Waals surface area (Å²) in [5.74, 6) is 0.181. The lowest BCUT2D eigenvalue weighted by molar-refractivity contribution is -0.116. The Hall–Kier alpha value is -1.28. The minimum absolute atomic E-state index is 0.108. The van der Waals surface area contributed by atoms with Crippen molar-refractivity contribution < 1.29 is 4.79 Å². The molecule has 0 saturated carbocycles. The summed E-state index contributed by atoms with van der Waals surface area (Å²) in [6.45, 7) is 1.95. The number of nitrogens with zero attached hydrogens (tertiary/aromatic N) is 1. The third kappa shape index (κ3) is 2.12. The number of carbonyl (C=O) groups excluding carboxylic acids is 1. The van der Waals surface area contributed by atoms with Crippen LogP contribution in [0.5, 0.6) is 0 Å². The van der Waals surface area contributed by atoms with Gasteiger partial charge in [0.15, 0.2) is 5.78 Å². The second kappa shape index (κ2) is 4.30. The lowest BCUT2D eigenvalue weighted by Crippen LogP contribution is -2.29. The van der Waals surface area contributed by atoms with E-state index in [0.29, 0.717) is 11.4 Å². The van der Waals surface area contributed by atoms with Gasteiger partial charge in [-0.3, -0.25) is 4.79 Å². The van der Waals surface area contributed by atoms with E-state index in [1.54, 1.807) is 6.08 Å². The smallest absolute Gasteiger partial charge is 0.159 e. The fourth-order valence-electron chi connectivity index (χ4n) is 2.02. The van der Waals surface area contributed by atoms with Gasteiger partial charge in [0, 0.05) is 30.3 Å². The van der Waals surface area contributed by atoms with Crippen molar-refractivity contribution in [2.45, 2.75) is 19.4 Å². The molecule has 1 unspecified atom stereocenters. The molecule has 16 heavy (non-hydrogen) atoms. The Kier molecular flexibility index (Phi) is 3.01. The van der Waals surface area contributed by atoms with Crippen molar-refractivity contribution in [3.8, 4) is 0 Å². The fraction of sp³-hybridized carbons (Fsp3) is 0.308. The monoisotopic (exact) mass is 235 g/mol. The Bertz CT molecular complexity index is 453. The molecule has 0 N–H and O–H groups in total. The molecule has 84 valence electrons. The first-order valence-corrected chi connectivity index (χ1v) is 5.65. The molecule has 0 aromatic heterocycles. The minimum Gasteiger partial charge on any atom is -0.370 e. The average molecular weight is 236 g/mol. The molecule has 1 aliphatic rings. The Morgan fingerprint density at radius 1 is 1.44 bits per heavy atom. The molecule has 0 saturated heterocycles. The van der Waals surface area contributed by atoms with Crippen LogP contribution >= 0.6 is 11.6 Å². The quantitative estimate of drug-likeness (QED) is 0.745. The SMILES string of the molecule is CC1=CC(=O)CC(c2cccc(Cl)c2)N1C. The molecule has 0 aliphatic carbocycles. The van der Waals surface area contributed by atoms with Gasteiger partial charge in [-0.25, -0.2) is 0 Å². The Morgan fingerprint density at radius 3 is 2.88 bits per heavy atom. The number of carbonyl (C=O) groups is 1. The maximum absolute atomic E-state index is 11.6. The van der Waals surface area contributed by atoms with E-state index in [9.17, 15) is 4.79 Å². The molecule has 0 spiro atoms. The van der Waals surface area contributed by atoms with Gasteiger partial charge in [0.25, 0.3) is 0 Å². The lowest BCUT2D eigenvalue weighted by atomic mass is 9.96.